The van der Waals surface area contributed by atoms with Crippen molar-refractivity contribution in [3.8, 4) is 5.75 Å². The van der Waals surface area contributed by atoms with Crippen LogP contribution in [0.3, 0.4) is 0 Å². The van der Waals surface area contributed by atoms with Crippen LogP contribution in [0.1, 0.15) is 69.8 Å². The Labute approximate surface area is 185 Å². The number of methoxy groups -OCH3 is 1. The van der Waals surface area contributed by atoms with Crippen LogP contribution >= 0.6 is 0 Å². The van der Waals surface area contributed by atoms with Gasteiger partial charge in [0.2, 0.25) is 5.78 Å². The van der Waals surface area contributed by atoms with E-state index in [1.165, 1.54) is 10.5 Å². The van der Waals surface area contributed by atoms with E-state index in [1.807, 2.05) is 24.3 Å². The number of Topliss-reactive ketones (excluding diaryl/α,β-unsaturated/α-hetero) is 1. The standard InChI is InChI=1S/C25H35NO5/c1-30-21-15-13-19(14-16-21)9-6-8-18-31-25(29)22-12-5-7-17-26(22)24(28)23(27)20-10-3-2-4-11-20/h13-16,20,22H,2-12,17-18H2,1H3/t22-/m0/s1. The van der Waals surface area contributed by atoms with Crippen molar-refractivity contribution < 1.29 is 23.9 Å². The lowest BCUT2D eigenvalue weighted by Gasteiger charge is -2.34. The number of nitrogens with zero attached hydrogens (tertiary/aromatic N) is 1. The Kier molecular flexibility index (Phi) is 8.92. The third-order valence-electron chi connectivity index (χ3n) is 6.49. The predicted molar refractivity (Wildman–Crippen MR) is 118 cm³/mol. The van der Waals surface area contributed by atoms with Crippen molar-refractivity contribution in [2.24, 2.45) is 5.92 Å². The van der Waals surface area contributed by atoms with Crippen molar-refractivity contribution in [1.82, 2.24) is 4.90 Å². The van der Waals surface area contributed by atoms with E-state index in [0.717, 1.165) is 70.0 Å². The fourth-order valence-electron chi connectivity index (χ4n) is 4.59. The lowest BCUT2D eigenvalue weighted by Crippen LogP contribution is -2.52. The summed E-state index contributed by atoms with van der Waals surface area (Å²) in [4.78, 5) is 39.7. The predicted octanol–water partition coefficient (Wildman–Crippen LogP) is 4.09. The highest BCUT2D eigenvalue weighted by Crippen LogP contribution is 2.27. The van der Waals surface area contributed by atoms with Gasteiger partial charge in [-0.1, -0.05) is 31.4 Å². The highest BCUT2D eigenvalue weighted by atomic mass is 16.5. The molecule has 6 heteroatoms. The van der Waals surface area contributed by atoms with Gasteiger partial charge in [0, 0.05) is 12.5 Å². The number of carbonyl (C=O) groups excluding carboxylic acids is 3. The van der Waals surface area contributed by atoms with Crippen LogP contribution in [-0.2, 0) is 25.5 Å². The van der Waals surface area contributed by atoms with Gasteiger partial charge in [-0.2, -0.15) is 0 Å². The van der Waals surface area contributed by atoms with Crippen molar-refractivity contribution >= 4 is 17.7 Å². The fraction of sp³-hybridized carbons (Fsp3) is 0.640. The lowest BCUT2D eigenvalue weighted by molar-refractivity contribution is -0.160. The van der Waals surface area contributed by atoms with Crippen LogP contribution in [0.5, 0.6) is 5.75 Å². The van der Waals surface area contributed by atoms with Crippen LogP contribution in [0.25, 0.3) is 0 Å². The molecule has 3 rings (SSSR count). The Hall–Kier alpha value is -2.37. The van der Waals surface area contributed by atoms with Gasteiger partial charge in [-0.15, -0.1) is 0 Å². The zero-order chi connectivity index (χ0) is 22.1. The number of hydrogen-bond donors (Lipinski definition) is 0. The molecule has 1 amide bonds. The summed E-state index contributed by atoms with van der Waals surface area (Å²) in [5.41, 5.74) is 1.22. The Morgan fingerprint density at radius 3 is 2.35 bits per heavy atom. The topological polar surface area (TPSA) is 72.9 Å². The van der Waals surface area contributed by atoms with Crippen LogP contribution in [0.4, 0.5) is 0 Å². The van der Waals surface area contributed by atoms with Crippen molar-refractivity contribution in [1.29, 1.82) is 0 Å². The number of unbranched alkanes of at least 4 members (excludes halogenated alkanes) is 1. The van der Waals surface area contributed by atoms with Gasteiger partial charge in [-0.3, -0.25) is 9.59 Å². The molecule has 1 aromatic carbocycles. The quantitative estimate of drug-likeness (QED) is 0.336. The Balaban J connectivity index is 1.43. The molecule has 6 nitrogen and oxygen atoms in total. The van der Waals surface area contributed by atoms with E-state index in [-0.39, 0.29) is 17.7 Å². The number of likely N-dealkylation sites (tertiary alicyclic amines) is 1. The molecule has 170 valence electrons. The largest absolute Gasteiger partial charge is 0.497 e. The van der Waals surface area contributed by atoms with E-state index in [9.17, 15) is 14.4 Å². The first-order chi connectivity index (χ1) is 15.1. The molecule has 0 radical (unpaired) electrons. The monoisotopic (exact) mass is 429 g/mol. The van der Waals surface area contributed by atoms with Gasteiger partial charge in [0.15, 0.2) is 0 Å². The number of carbonyl (C=O) groups is 3. The molecular weight excluding hydrogens is 394 g/mol. The molecule has 1 aromatic rings. The van der Waals surface area contributed by atoms with E-state index in [1.54, 1.807) is 7.11 Å². The van der Waals surface area contributed by atoms with Crippen molar-refractivity contribution in [3.63, 3.8) is 0 Å². The van der Waals surface area contributed by atoms with Crippen LogP contribution in [-0.4, -0.2) is 48.9 Å². The maximum atomic E-state index is 12.9. The van der Waals surface area contributed by atoms with Gasteiger partial charge < -0.3 is 14.4 Å². The highest BCUT2D eigenvalue weighted by Gasteiger charge is 2.38. The number of benzene rings is 1. The van der Waals surface area contributed by atoms with Crippen molar-refractivity contribution in [3.05, 3.63) is 29.8 Å². The molecule has 1 saturated carbocycles. The number of aryl methyl sites for hydroxylation is 1. The number of ketones is 1. The molecule has 0 aromatic heterocycles. The Morgan fingerprint density at radius 1 is 0.935 bits per heavy atom. The SMILES string of the molecule is COc1ccc(CCCCOC(=O)[C@@H]2CCCCN2C(=O)C(=O)C2CCCCC2)cc1. The van der Waals surface area contributed by atoms with E-state index in [2.05, 4.69) is 0 Å². The summed E-state index contributed by atoms with van der Waals surface area (Å²) in [7, 11) is 1.65. The average molecular weight is 430 g/mol. The molecule has 1 heterocycles. The summed E-state index contributed by atoms with van der Waals surface area (Å²) >= 11 is 0. The number of amides is 1. The van der Waals surface area contributed by atoms with Gasteiger partial charge in [0.25, 0.3) is 5.91 Å². The number of piperidine rings is 1. The van der Waals surface area contributed by atoms with E-state index < -0.39 is 11.9 Å². The summed E-state index contributed by atoms with van der Waals surface area (Å²) in [6.45, 7) is 0.804. The molecule has 2 fully saturated rings. The molecule has 1 atom stereocenters. The Bertz CT molecular complexity index is 739. The molecular formula is C25H35NO5. The molecule has 0 N–H and O–H groups in total. The molecule has 1 aliphatic heterocycles. The summed E-state index contributed by atoms with van der Waals surface area (Å²) in [6.07, 6.45) is 9.59. The zero-order valence-corrected chi connectivity index (χ0v) is 18.6. The minimum Gasteiger partial charge on any atom is -0.497 e. The zero-order valence-electron chi connectivity index (χ0n) is 18.6. The van der Waals surface area contributed by atoms with Crippen molar-refractivity contribution in [2.45, 2.75) is 76.7 Å². The van der Waals surface area contributed by atoms with Gasteiger partial charge >= 0.3 is 5.97 Å². The smallest absolute Gasteiger partial charge is 0.328 e. The normalized spacial score (nSPS) is 19.6. The molecule has 31 heavy (non-hydrogen) atoms. The maximum absolute atomic E-state index is 12.9. The molecule has 0 bridgehead atoms. The lowest BCUT2D eigenvalue weighted by atomic mass is 9.85. The first-order valence-corrected chi connectivity index (χ1v) is 11.7. The van der Waals surface area contributed by atoms with Gasteiger partial charge in [-0.25, -0.2) is 4.79 Å². The van der Waals surface area contributed by atoms with E-state index in [4.69, 9.17) is 9.47 Å². The van der Waals surface area contributed by atoms with E-state index in [0.29, 0.717) is 19.6 Å². The molecule has 2 aliphatic rings. The average Bonchev–Trinajstić information content (AvgIpc) is 2.83. The number of esters is 1. The minimum atomic E-state index is -0.615. The first kappa shape index (κ1) is 23.3. The fourth-order valence-corrected chi connectivity index (χ4v) is 4.59. The second kappa shape index (κ2) is 11.9. The summed E-state index contributed by atoms with van der Waals surface area (Å²) < 4.78 is 10.7. The maximum Gasteiger partial charge on any atom is 0.328 e. The first-order valence-electron chi connectivity index (χ1n) is 11.7. The van der Waals surface area contributed by atoms with Crippen LogP contribution in [0.2, 0.25) is 0 Å². The van der Waals surface area contributed by atoms with Gasteiger partial charge in [0.05, 0.1) is 13.7 Å². The van der Waals surface area contributed by atoms with Crippen LogP contribution in [0, 0.1) is 5.92 Å². The van der Waals surface area contributed by atoms with Crippen LogP contribution < -0.4 is 4.74 Å². The van der Waals surface area contributed by atoms with Gasteiger partial charge in [-0.05, 0) is 69.1 Å². The summed E-state index contributed by atoms with van der Waals surface area (Å²) in [5, 5.41) is 0. The van der Waals surface area contributed by atoms with Crippen LogP contribution in [0.15, 0.2) is 24.3 Å². The van der Waals surface area contributed by atoms with E-state index >= 15 is 0 Å². The van der Waals surface area contributed by atoms with Gasteiger partial charge in [0.1, 0.15) is 11.8 Å². The third kappa shape index (κ3) is 6.55. The highest BCUT2D eigenvalue weighted by molar-refractivity contribution is 6.37. The van der Waals surface area contributed by atoms with Crippen molar-refractivity contribution in [2.75, 3.05) is 20.3 Å². The number of ether oxygens (including phenoxy) is 2. The molecule has 1 saturated heterocycles. The third-order valence-corrected chi connectivity index (χ3v) is 6.49. The molecule has 1 aliphatic carbocycles. The molecule has 0 spiro atoms. The number of rotatable bonds is 9. The summed E-state index contributed by atoms with van der Waals surface area (Å²) in [5.74, 6) is -0.482. The number of hydrogen-bond acceptors (Lipinski definition) is 5. The Morgan fingerprint density at radius 2 is 1.65 bits per heavy atom. The second-order valence-corrected chi connectivity index (χ2v) is 8.68. The minimum absolute atomic E-state index is 0.169. The second-order valence-electron chi connectivity index (χ2n) is 8.68. The molecule has 0 unspecified atom stereocenters. The summed E-state index contributed by atoms with van der Waals surface area (Å²) in [6, 6.07) is 7.35.